The quantitative estimate of drug-likeness (QED) is 0.435. The van der Waals surface area contributed by atoms with E-state index in [1.54, 1.807) is 27.7 Å². The number of fused-ring (bicyclic) bond motifs is 2. The lowest BCUT2D eigenvalue weighted by Crippen LogP contribution is -2.53. The van der Waals surface area contributed by atoms with E-state index in [1.807, 2.05) is 0 Å². The van der Waals surface area contributed by atoms with Gasteiger partial charge in [-0.3, -0.25) is 0 Å². The molecule has 0 unspecified atom stereocenters. The van der Waals surface area contributed by atoms with E-state index in [4.69, 9.17) is 28.4 Å². The molecule has 0 amide bonds. The maximum absolute atomic E-state index is 10.5. The highest BCUT2D eigenvalue weighted by Gasteiger charge is 2.58. The second kappa shape index (κ2) is 6.84. The zero-order valence-corrected chi connectivity index (χ0v) is 15.9. The Hall–Kier alpha value is -0.400. The third-order valence-corrected chi connectivity index (χ3v) is 5.32. The number of hydrogen-bond donors (Lipinski definition) is 4. The number of hydrogen-bond acceptors (Lipinski definition) is 10. The Bertz CT molecular complexity index is 559. The number of aliphatic hydroxyl groups excluding tert-OH is 3. The van der Waals surface area contributed by atoms with Crippen LogP contribution in [0, 0.1) is 0 Å². The smallest absolute Gasteiger partial charge is 0.190 e. The Morgan fingerprint density at radius 1 is 0.926 bits per heavy atom. The van der Waals surface area contributed by atoms with Crippen LogP contribution in [-0.2, 0) is 28.4 Å². The summed E-state index contributed by atoms with van der Waals surface area (Å²) >= 11 is 0. The third kappa shape index (κ3) is 3.64. The van der Waals surface area contributed by atoms with Crippen LogP contribution in [0.4, 0.5) is 0 Å². The van der Waals surface area contributed by atoms with Crippen molar-refractivity contribution in [3.63, 3.8) is 0 Å². The van der Waals surface area contributed by atoms with Crippen molar-refractivity contribution < 1.29 is 43.7 Å². The predicted molar refractivity (Wildman–Crippen MR) is 88.3 cm³/mol. The van der Waals surface area contributed by atoms with Gasteiger partial charge < -0.3 is 49.1 Å². The van der Waals surface area contributed by atoms with Gasteiger partial charge in [0.15, 0.2) is 24.2 Å². The fourth-order valence-electron chi connectivity index (χ4n) is 4.18. The highest BCUT2D eigenvalue weighted by atomic mass is 16.8. The highest BCUT2D eigenvalue weighted by Crippen LogP contribution is 2.39. The fraction of sp³-hybridized carbons (Fsp3) is 1.00. The van der Waals surface area contributed by atoms with Gasteiger partial charge in [0.2, 0.25) is 0 Å². The molecule has 0 radical (unpaired) electrons. The van der Waals surface area contributed by atoms with Crippen LogP contribution in [0.3, 0.4) is 0 Å². The molecular weight excluding hydrogens is 362 g/mol. The van der Waals surface area contributed by atoms with Crippen molar-refractivity contribution in [3.8, 4) is 0 Å². The Morgan fingerprint density at radius 2 is 1.52 bits per heavy atom. The first kappa shape index (κ1) is 19.9. The first-order valence-corrected chi connectivity index (χ1v) is 9.33. The molecule has 0 aliphatic carbocycles. The zero-order valence-electron chi connectivity index (χ0n) is 15.9. The van der Waals surface area contributed by atoms with Gasteiger partial charge in [0.25, 0.3) is 0 Å². The summed E-state index contributed by atoms with van der Waals surface area (Å²) in [7, 11) is 0. The molecule has 27 heavy (non-hydrogen) atoms. The van der Waals surface area contributed by atoms with Gasteiger partial charge in [0, 0.05) is 6.54 Å². The minimum atomic E-state index is -1.09. The normalized spacial score (nSPS) is 48.6. The first-order valence-electron chi connectivity index (χ1n) is 9.33. The number of ether oxygens (including phenoxy) is 6. The van der Waals surface area contributed by atoms with Crippen molar-refractivity contribution in [1.82, 2.24) is 5.32 Å². The maximum Gasteiger partial charge on any atom is 0.190 e. The Kier molecular flexibility index (Phi) is 5.04. The van der Waals surface area contributed by atoms with Crippen molar-refractivity contribution in [2.24, 2.45) is 0 Å². The second-order valence-corrected chi connectivity index (χ2v) is 8.39. The fourth-order valence-corrected chi connectivity index (χ4v) is 4.18. The molecule has 4 rings (SSSR count). The highest BCUT2D eigenvalue weighted by molar-refractivity contribution is 5.02. The summed E-state index contributed by atoms with van der Waals surface area (Å²) in [6.45, 7) is 6.91. The summed E-state index contributed by atoms with van der Waals surface area (Å²) in [5, 5.41) is 33.2. The molecule has 4 N–H and O–H groups in total. The van der Waals surface area contributed by atoms with Crippen LogP contribution < -0.4 is 5.32 Å². The molecule has 0 aromatic heterocycles. The Labute approximate surface area is 157 Å². The molecule has 156 valence electrons. The molecule has 0 aromatic rings. The molecular formula is C17H29NO9. The minimum absolute atomic E-state index is 0.261. The van der Waals surface area contributed by atoms with Crippen LogP contribution in [-0.4, -0.2) is 95.3 Å². The van der Waals surface area contributed by atoms with E-state index in [0.717, 1.165) is 0 Å². The molecule has 4 heterocycles. The zero-order chi connectivity index (χ0) is 19.6. The van der Waals surface area contributed by atoms with E-state index in [9.17, 15) is 15.3 Å². The second-order valence-electron chi connectivity index (χ2n) is 8.39. The SMILES string of the molecule is CC1(C)O[C@H]2O[C@H](CN[C@H]3[C@H]4OC(C)(C)O[C@H]4O[C@@H]3[C@H](O)CO)[C@H](O)[C@H]2O1. The molecule has 9 atom stereocenters. The van der Waals surface area contributed by atoms with Crippen LogP contribution in [0.25, 0.3) is 0 Å². The van der Waals surface area contributed by atoms with Gasteiger partial charge in [0.05, 0.1) is 12.6 Å². The molecule has 0 aromatic carbocycles. The van der Waals surface area contributed by atoms with Crippen molar-refractivity contribution in [3.05, 3.63) is 0 Å². The lowest BCUT2D eigenvalue weighted by molar-refractivity contribution is -0.220. The van der Waals surface area contributed by atoms with E-state index < -0.39 is 73.4 Å². The first-order chi connectivity index (χ1) is 12.6. The van der Waals surface area contributed by atoms with Gasteiger partial charge in [0.1, 0.15) is 36.6 Å². The van der Waals surface area contributed by atoms with E-state index >= 15 is 0 Å². The van der Waals surface area contributed by atoms with Crippen LogP contribution in [0.5, 0.6) is 0 Å². The average Bonchev–Trinajstić information content (AvgIpc) is 3.23. The topological polar surface area (TPSA) is 128 Å². The maximum atomic E-state index is 10.5. The van der Waals surface area contributed by atoms with Crippen molar-refractivity contribution >= 4 is 0 Å². The molecule has 4 fully saturated rings. The Morgan fingerprint density at radius 3 is 2.11 bits per heavy atom. The standard InChI is InChI=1S/C17H29NO9/c1-16(2)24-12-9(11(7(20)6-19)23-14(12)26-16)18-5-8-10(21)13-15(22-8)27-17(3,4)25-13/h7-15,18-21H,5-6H2,1-4H3/t7-,8-,9-,10+,11-,12-,13-,14-,15-/m1/s1. The number of rotatable bonds is 5. The van der Waals surface area contributed by atoms with Gasteiger partial charge in [-0.05, 0) is 27.7 Å². The Balaban J connectivity index is 1.40. The van der Waals surface area contributed by atoms with E-state index in [0.29, 0.717) is 0 Å². The summed E-state index contributed by atoms with van der Waals surface area (Å²) in [5.41, 5.74) is 0. The van der Waals surface area contributed by atoms with Crippen molar-refractivity contribution in [1.29, 1.82) is 0 Å². The lowest BCUT2D eigenvalue weighted by Gasteiger charge is -2.30. The van der Waals surface area contributed by atoms with Crippen LogP contribution in [0.1, 0.15) is 27.7 Å². The van der Waals surface area contributed by atoms with E-state index in [1.165, 1.54) is 0 Å². The van der Waals surface area contributed by atoms with Crippen molar-refractivity contribution in [2.45, 2.75) is 94.5 Å². The van der Waals surface area contributed by atoms with E-state index in [2.05, 4.69) is 5.32 Å². The third-order valence-electron chi connectivity index (χ3n) is 5.32. The minimum Gasteiger partial charge on any atom is -0.394 e. The molecule has 10 heteroatoms. The summed E-state index contributed by atoms with van der Waals surface area (Å²) in [4.78, 5) is 0. The van der Waals surface area contributed by atoms with Gasteiger partial charge in [-0.25, -0.2) is 0 Å². The van der Waals surface area contributed by atoms with Gasteiger partial charge >= 0.3 is 0 Å². The summed E-state index contributed by atoms with van der Waals surface area (Å²) in [6.07, 6.45) is -5.52. The van der Waals surface area contributed by atoms with Crippen LogP contribution in [0.15, 0.2) is 0 Å². The van der Waals surface area contributed by atoms with E-state index in [-0.39, 0.29) is 6.54 Å². The van der Waals surface area contributed by atoms with Crippen LogP contribution in [0.2, 0.25) is 0 Å². The molecule has 0 spiro atoms. The molecule has 4 aliphatic rings. The average molecular weight is 391 g/mol. The molecule has 0 bridgehead atoms. The van der Waals surface area contributed by atoms with Crippen LogP contribution >= 0.6 is 0 Å². The number of nitrogens with one attached hydrogen (secondary N) is 1. The monoisotopic (exact) mass is 391 g/mol. The van der Waals surface area contributed by atoms with Crippen molar-refractivity contribution in [2.75, 3.05) is 13.2 Å². The molecule has 4 saturated heterocycles. The molecule has 0 saturated carbocycles. The molecule has 4 aliphatic heterocycles. The van der Waals surface area contributed by atoms with Gasteiger partial charge in [-0.1, -0.05) is 0 Å². The lowest BCUT2D eigenvalue weighted by atomic mass is 10.0. The summed E-state index contributed by atoms with van der Waals surface area (Å²) in [5.74, 6) is -1.60. The summed E-state index contributed by atoms with van der Waals surface area (Å²) < 4.78 is 34.5. The molecule has 10 nitrogen and oxygen atoms in total. The summed E-state index contributed by atoms with van der Waals surface area (Å²) in [6, 6.07) is -0.451. The number of aliphatic hydroxyl groups is 3. The largest absolute Gasteiger partial charge is 0.394 e. The van der Waals surface area contributed by atoms with Gasteiger partial charge in [-0.2, -0.15) is 0 Å². The predicted octanol–water partition coefficient (Wildman–Crippen LogP) is -1.59. The van der Waals surface area contributed by atoms with Gasteiger partial charge in [-0.15, -0.1) is 0 Å².